The Kier molecular flexibility index (Phi) is 39.9. The fraction of sp³-hybridized carbons (Fsp3) is 0.507. The number of anilines is 8. The van der Waals surface area contributed by atoms with E-state index in [1.165, 1.54) is 24.8 Å². The van der Waals surface area contributed by atoms with Gasteiger partial charge in [0.05, 0.1) is 66.3 Å². The Morgan fingerprint density at radius 2 is 0.684 bits per heavy atom. The standard InChI is InChI=1S/C19H26ClFN4O3S2.C18H24ClFN4O3S2.2C18H26ClFN4O3S2/c1-13-10-24-18(29-13)25-30(27,28)17-8-14(20)16(9-15(17)21)23-7-5-3-2-4-6-19(26)11-22-12-19;19-13-9-16(29(26,27)24-17-23-7-8-28-17)14(20)10-15(13)22-6-4-2-1-3-5-18(25)11-21-12-18;2*1-12-11-23-18(28-12)24-29(26,27)17-8-14(19)16(9-15(17)20)22-7-5-3-2-4-6-13(25)10-21/h8-10,22-23,26H,2-7,11-12H2,1H3,(H,24,25);7-10,21-22,25H,1-6,11-12H2,(H,23,24);2*8-9,11,13,22,25H,2-7,10,21H2,1H3,(H,23,24)/t;;2*13-/m..10/s1. The number of benzene rings is 4. The number of nitrogens with one attached hydrogen (secondary N) is 10. The minimum Gasteiger partial charge on any atom is -0.392 e. The molecule has 4 aromatic heterocycles. The number of β-amino-alcohol motifs (C(OH)–C–C–N with tert-alkyl or cyclic N) is 2. The van der Waals surface area contributed by atoms with Gasteiger partial charge in [-0.25, -0.2) is 71.2 Å². The Labute approximate surface area is 717 Å². The Morgan fingerprint density at radius 3 is 0.915 bits per heavy atom. The van der Waals surface area contributed by atoms with Gasteiger partial charge in [0.1, 0.15) is 42.9 Å². The van der Waals surface area contributed by atoms with Gasteiger partial charge in [-0.2, -0.15) is 0 Å². The highest BCUT2D eigenvalue weighted by molar-refractivity contribution is 7.94. The van der Waals surface area contributed by atoms with E-state index in [0.29, 0.717) is 87.9 Å². The van der Waals surface area contributed by atoms with Gasteiger partial charge >= 0.3 is 0 Å². The number of aromatic nitrogens is 4. The largest absolute Gasteiger partial charge is 0.392 e. The minimum absolute atomic E-state index is 0.119. The first kappa shape index (κ1) is 98.3. The number of nitrogens with zero attached hydrogens (tertiary/aromatic N) is 4. The number of halogens is 8. The average Bonchev–Trinajstić information content (AvgIpc) is 1.51. The molecule has 2 saturated heterocycles. The maximum Gasteiger partial charge on any atom is 0.266 e. The fourth-order valence-corrected chi connectivity index (χ4v) is 20.6. The number of aliphatic hydroxyl groups excluding tert-OH is 2. The Morgan fingerprint density at radius 1 is 0.419 bits per heavy atom. The van der Waals surface area contributed by atoms with Crippen LogP contribution >= 0.6 is 91.8 Å². The molecule has 8 aromatic rings. The second-order valence-electron chi connectivity index (χ2n) is 28.0. The number of nitrogens with two attached hydrogens (primary N) is 2. The fourth-order valence-electron chi connectivity index (χ4n) is 11.5. The highest BCUT2D eigenvalue weighted by atomic mass is 35.5. The molecule has 44 heteroatoms. The highest BCUT2D eigenvalue weighted by Crippen LogP contribution is 2.36. The molecule has 650 valence electrons. The van der Waals surface area contributed by atoms with Gasteiger partial charge in [0.25, 0.3) is 40.1 Å². The van der Waals surface area contributed by atoms with Crippen LogP contribution in [0.15, 0.2) is 98.3 Å². The zero-order valence-electron chi connectivity index (χ0n) is 64.7. The molecular formula is C73H102Cl4F4N16O12S8. The highest BCUT2D eigenvalue weighted by Gasteiger charge is 2.35. The van der Waals surface area contributed by atoms with Crippen LogP contribution in [0.2, 0.25) is 20.1 Å². The van der Waals surface area contributed by atoms with Gasteiger partial charge in [-0.15, -0.1) is 45.3 Å². The van der Waals surface area contributed by atoms with Crippen molar-refractivity contribution in [1.82, 2.24) is 30.6 Å². The third-order valence-corrected chi connectivity index (χ3v) is 28.5. The van der Waals surface area contributed by atoms with Crippen LogP contribution in [0, 0.1) is 44.0 Å². The van der Waals surface area contributed by atoms with E-state index < -0.39 is 106 Å². The van der Waals surface area contributed by atoms with Gasteiger partial charge in [0.2, 0.25) is 0 Å². The van der Waals surface area contributed by atoms with E-state index in [2.05, 4.69) is 70.7 Å². The van der Waals surface area contributed by atoms with E-state index in [0.717, 1.165) is 224 Å². The van der Waals surface area contributed by atoms with E-state index in [9.17, 15) is 71.7 Å². The first-order chi connectivity index (χ1) is 55.4. The van der Waals surface area contributed by atoms with Crippen molar-refractivity contribution in [2.75, 3.05) is 106 Å². The molecule has 0 bridgehead atoms. The van der Waals surface area contributed by atoms with Crippen molar-refractivity contribution in [2.24, 2.45) is 11.5 Å². The summed E-state index contributed by atoms with van der Waals surface area (Å²) in [4.78, 5) is 16.0. The van der Waals surface area contributed by atoms with Crippen LogP contribution in [0.25, 0.3) is 0 Å². The predicted molar refractivity (Wildman–Crippen MR) is 464 cm³/mol. The molecular weight excluding hydrogens is 1770 g/mol. The maximum absolute atomic E-state index is 14.5. The van der Waals surface area contributed by atoms with Crippen LogP contribution in [0.4, 0.5) is 60.8 Å². The van der Waals surface area contributed by atoms with E-state index in [1.54, 1.807) is 26.2 Å². The molecule has 0 saturated carbocycles. The van der Waals surface area contributed by atoms with Gasteiger partial charge in [-0.1, -0.05) is 123 Å². The van der Waals surface area contributed by atoms with Crippen LogP contribution in [0.1, 0.15) is 143 Å². The number of sulfonamides is 4. The number of aryl methyl sites for hydroxylation is 3. The summed E-state index contributed by atoms with van der Waals surface area (Å²) in [5, 5.41) is 59.9. The summed E-state index contributed by atoms with van der Waals surface area (Å²) in [6.45, 7) is 10.9. The number of thiazole rings is 4. The van der Waals surface area contributed by atoms with E-state index in [-0.39, 0.29) is 53.7 Å². The SMILES string of the molecule is Cc1cnc(NS(=O)(=O)c2cc(Cl)c(NCCCCCCC3(O)CNC3)cc2F)s1.Cc1cnc(NS(=O)(=O)c2cc(Cl)c(NCCCCCC[C@@H](O)CN)cc2F)s1.Cc1cnc(NS(=O)(=O)c2cc(Cl)c(NCCCCCC[C@H](O)CN)cc2F)s1.O=S(=O)(Nc1nccs1)c1cc(Cl)c(NCCCCCCC2(O)CNC2)cc1F. The lowest BCUT2D eigenvalue weighted by molar-refractivity contribution is -0.0194. The van der Waals surface area contributed by atoms with Crippen LogP contribution in [0.3, 0.4) is 0 Å². The van der Waals surface area contributed by atoms with Gasteiger partial charge < -0.3 is 63.8 Å². The van der Waals surface area contributed by atoms with Crippen LogP contribution in [0.5, 0.6) is 0 Å². The molecule has 2 fully saturated rings. The van der Waals surface area contributed by atoms with Crippen LogP contribution in [-0.4, -0.2) is 163 Å². The lowest BCUT2D eigenvalue weighted by atomic mass is 9.90. The van der Waals surface area contributed by atoms with Gasteiger partial charge in [-0.05, 0) is 121 Å². The molecule has 28 nitrogen and oxygen atoms in total. The number of rotatable bonds is 46. The summed E-state index contributed by atoms with van der Waals surface area (Å²) in [7, 11) is -16.5. The first-order valence-electron chi connectivity index (χ1n) is 37.8. The number of hydrogen-bond donors (Lipinski definition) is 16. The van der Waals surface area contributed by atoms with Crippen molar-refractivity contribution < 1.29 is 71.7 Å². The molecule has 2 aliphatic heterocycles. The lowest BCUT2D eigenvalue weighted by Crippen LogP contribution is -2.59. The molecule has 6 heterocycles. The molecule has 2 atom stereocenters. The molecule has 2 aliphatic rings. The summed E-state index contributed by atoms with van der Waals surface area (Å²) in [6, 6.07) is 8.76. The average molecular weight is 1870 g/mol. The quantitative estimate of drug-likeness (QED) is 0.0124. The zero-order valence-corrected chi connectivity index (χ0v) is 74.2. The second-order valence-corrected chi connectivity index (χ2v) is 40.8. The van der Waals surface area contributed by atoms with Crippen molar-refractivity contribution >= 4 is 175 Å². The molecule has 0 unspecified atom stereocenters. The van der Waals surface area contributed by atoms with Crippen LogP contribution < -0.4 is 62.3 Å². The topological polar surface area (TPSA) is 441 Å². The van der Waals surface area contributed by atoms with Gasteiger partial charge in [-0.3, -0.25) is 18.9 Å². The Bertz CT molecular complexity index is 4780. The molecule has 117 heavy (non-hydrogen) atoms. The predicted octanol–water partition coefficient (Wildman–Crippen LogP) is 14.6. The normalized spacial score (nSPS) is 14.2. The molecule has 0 amide bonds. The van der Waals surface area contributed by atoms with Crippen molar-refractivity contribution in [2.45, 2.75) is 192 Å². The summed E-state index contributed by atoms with van der Waals surface area (Å²) < 4.78 is 166. The number of unbranched alkanes of at least 4 members (excludes halogenated alkanes) is 12. The van der Waals surface area contributed by atoms with Crippen molar-refractivity contribution in [3.05, 3.63) is 137 Å². The monoisotopic (exact) mass is 1870 g/mol. The molecule has 10 rings (SSSR count). The second kappa shape index (κ2) is 47.5. The van der Waals surface area contributed by atoms with E-state index in [1.807, 2.05) is 0 Å². The number of hydrogen-bond acceptors (Lipinski definition) is 28. The first-order valence-corrected chi connectivity index (χ1v) is 48.5. The smallest absolute Gasteiger partial charge is 0.266 e. The van der Waals surface area contributed by atoms with Crippen molar-refractivity contribution in [1.29, 1.82) is 0 Å². The maximum atomic E-state index is 14.5. The van der Waals surface area contributed by atoms with Crippen molar-refractivity contribution in [3.8, 4) is 0 Å². The Balaban J connectivity index is 0.000000216. The van der Waals surface area contributed by atoms with Gasteiger partial charge in [0.15, 0.2) is 20.5 Å². The molecule has 0 radical (unpaired) electrons. The van der Waals surface area contributed by atoms with E-state index >= 15 is 0 Å². The third-order valence-electron chi connectivity index (χ3n) is 18.1. The molecule has 0 spiro atoms. The van der Waals surface area contributed by atoms with Gasteiger partial charge in [0, 0.05) is 110 Å². The minimum atomic E-state index is -4.13. The summed E-state index contributed by atoms with van der Waals surface area (Å²) in [6.07, 6.45) is 23.0. The van der Waals surface area contributed by atoms with Crippen molar-refractivity contribution in [3.63, 3.8) is 0 Å². The summed E-state index contributed by atoms with van der Waals surface area (Å²) in [5.41, 5.74) is 11.0. The third kappa shape index (κ3) is 32.8. The summed E-state index contributed by atoms with van der Waals surface area (Å²) >= 11 is 29.2. The lowest BCUT2D eigenvalue weighted by Gasteiger charge is -2.37. The van der Waals surface area contributed by atoms with E-state index in [4.69, 9.17) is 57.9 Å². The number of aliphatic hydroxyl groups is 4. The molecule has 4 aromatic carbocycles. The molecule has 0 aliphatic carbocycles. The molecule has 18 N–H and O–H groups in total. The Hall–Kier alpha value is -5.84. The van der Waals surface area contributed by atoms with Crippen LogP contribution in [-0.2, 0) is 40.1 Å². The summed E-state index contributed by atoms with van der Waals surface area (Å²) in [5.74, 6) is -3.56. The zero-order chi connectivity index (χ0) is 85.6.